The number of rotatable bonds is 8. The van der Waals surface area contributed by atoms with E-state index in [1.165, 1.54) is 0 Å². The molecule has 0 aliphatic rings. The van der Waals surface area contributed by atoms with E-state index in [1.807, 2.05) is 79.7 Å². The molecule has 3 nitrogen and oxygen atoms in total. The number of hydrogen-bond donors (Lipinski definition) is 0. The first-order valence-corrected chi connectivity index (χ1v) is 14.5. The second kappa shape index (κ2) is 12.6. The first-order chi connectivity index (χ1) is 21.5. The van der Waals surface area contributed by atoms with Gasteiger partial charge in [-0.15, -0.1) is 0 Å². The maximum atomic E-state index is 6.41. The molecular formula is C41H32N2O. The fourth-order valence-corrected chi connectivity index (χ4v) is 5.26. The lowest BCUT2D eigenvalue weighted by Crippen LogP contribution is -2.04. The predicted octanol–water partition coefficient (Wildman–Crippen LogP) is 10.9. The Labute approximate surface area is 258 Å². The van der Waals surface area contributed by atoms with Gasteiger partial charge in [0.2, 0.25) is 0 Å². The molecule has 6 rings (SSSR count). The topological polar surface area (TPSA) is 37.9 Å². The number of benzene rings is 5. The van der Waals surface area contributed by atoms with E-state index in [1.54, 1.807) is 6.08 Å². The van der Waals surface area contributed by atoms with Gasteiger partial charge in [0.1, 0.15) is 11.2 Å². The monoisotopic (exact) mass is 568 g/mol. The van der Waals surface area contributed by atoms with Crippen molar-refractivity contribution in [2.75, 3.05) is 0 Å². The lowest BCUT2D eigenvalue weighted by molar-refractivity contribution is 0.669. The van der Waals surface area contributed by atoms with Crippen LogP contribution in [0.2, 0.25) is 0 Å². The molecule has 5 aromatic carbocycles. The summed E-state index contributed by atoms with van der Waals surface area (Å²) in [6.07, 6.45) is 5.59. The molecule has 1 heterocycles. The normalized spacial score (nSPS) is 12.4. The molecule has 0 aliphatic heterocycles. The Morgan fingerprint density at radius 3 is 1.95 bits per heavy atom. The molecule has 0 radical (unpaired) electrons. The van der Waals surface area contributed by atoms with Gasteiger partial charge in [0.25, 0.3) is 0 Å². The molecule has 0 N–H and O–H groups in total. The Bertz CT molecular complexity index is 2110. The van der Waals surface area contributed by atoms with Crippen LogP contribution in [0.25, 0.3) is 44.3 Å². The molecule has 44 heavy (non-hydrogen) atoms. The Balaban J connectivity index is 1.36. The average molecular weight is 569 g/mol. The van der Waals surface area contributed by atoms with Gasteiger partial charge in [0.05, 0.1) is 5.70 Å². The number of allylic oxidation sites excluding steroid dienone is 4. The average Bonchev–Trinajstić information content (AvgIpc) is 3.45. The fourth-order valence-electron chi connectivity index (χ4n) is 5.26. The summed E-state index contributed by atoms with van der Waals surface area (Å²) in [5.41, 5.74) is 10.3. The standard InChI is InChI=1S/C41H32N2O/c1-5-14-30(6-2)34-19-13-20-35(25-34)36-22-24-38-37-23-21-33(26-39(37)44-40(38)27-36)29(4)43-41(32-17-11-8-12-18-32)42-28(3)31-15-9-7-10-16-31/h5-27H,1-3H2,4H3/b30-14+,42-41-,43-29+. The van der Waals surface area contributed by atoms with Crippen molar-refractivity contribution >= 4 is 44.8 Å². The molecule has 1 aromatic heterocycles. The molecule has 0 fully saturated rings. The quantitative estimate of drug-likeness (QED) is 0.102. The molecule has 0 unspecified atom stereocenters. The van der Waals surface area contributed by atoms with Crippen LogP contribution >= 0.6 is 0 Å². The smallest absolute Gasteiger partial charge is 0.160 e. The summed E-state index contributed by atoms with van der Waals surface area (Å²) in [5.74, 6) is 0.607. The molecule has 0 atom stereocenters. The zero-order valence-electron chi connectivity index (χ0n) is 24.7. The molecule has 3 heteroatoms. The largest absolute Gasteiger partial charge is 0.456 e. The van der Waals surface area contributed by atoms with Crippen LogP contribution < -0.4 is 0 Å². The summed E-state index contributed by atoms with van der Waals surface area (Å²) in [6, 6.07) is 41.0. The summed E-state index contributed by atoms with van der Waals surface area (Å²) in [6.45, 7) is 14.0. The van der Waals surface area contributed by atoms with E-state index in [0.29, 0.717) is 11.5 Å². The van der Waals surface area contributed by atoms with Gasteiger partial charge < -0.3 is 4.42 Å². The summed E-state index contributed by atoms with van der Waals surface area (Å²) in [5, 5.41) is 2.14. The van der Waals surface area contributed by atoms with E-state index in [4.69, 9.17) is 14.4 Å². The fraction of sp³-hybridized carbons (Fsp3) is 0.0244. The number of nitrogens with zero attached hydrogens (tertiary/aromatic N) is 2. The molecule has 0 bridgehead atoms. The molecule has 0 saturated heterocycles. The Morgan fingerprint density at radius 1 is 0.614 bits per heavy atom. The first-order valence-electron chi connectivity index (χ1n) is 14.5. The van der Waals surface area contributed by atoms with Crippen LogP contribution in [0.1, 0.15) is 29.2 Å². The lowest BCUT2D eigenvalue weighted by Gasteiger charge is -2.07. The van der Waals surface area contributed by atoms with Crippen LogP contribution in [0, 0.1) is 0 Å². The zero-order chi connectivity index (χ0) is 30.5. The third kappa shape index (κ3) is 5.90. The highest BCUT2D eigenvalue weighted by Gasteiger charge is 2.12. The van der Waals surface area contributed by atoms with E-state index < -0.39 is 0 Å². The van der Waals surface area contributed by atoms with Crippen LogP contribution in [0.15, 0.2) is 174 Å². The summed E-state index contributed by atoms with van der Waals surface area (Å²) in [7, 11) is 0. The molecule has 0 amide bonds. The Hall–Kier alpha value is -5.80. The minimum atomic E-state index is 0.607. The second-order valence-corrected chi connectivity index (χ2v) is 10.5. The molecule has 0 aliphatic carbocycles. The van der Waals surface area contributed by atoms with Crippen molar-refractivity contribution in [2.45, 2.75) is 6.92 Å². The molecule has 0 saturated carbocycles. The number of amidine groups is 1. The van der Waals surface area contributed by atoms with E-state index in [0.717, 1.165) is 66.6 Å². The van der Waals surface area contributed by atoms with Crippen molar-refractivity contribution in [3.05, 3.63) is 182 Å². The van der Waals surface area contributed by atoms with E-state index in [2.05, 4.69) is 80.4 Å². The minimum absolute atomic E-state index is 0.607. The van der Waals surface area contributed by atoms with Crippen molar-refractivity contribution in [1.29, 1.82) is 0 Å². The van der Waals surface area contributed by atoms with E-state index in [-0.39, 0.29) is 0 Å². The third-order valence-corrected chi connectivity index (χ3v) is 7.59. The highest BCUT2D eigenvalue weighted by molar-refractivity contribution is 6.14. The summed E-state index contributed by atoms with van der Waals surface area (Å²) >= 11 is 0. The van der Waals surface area contributed by atoms with Crippen molar-refractivity contribution in [2.24, 2.45) is 9.98 Å². The van der Waals surface area contributed by atoms with Gasteiger partial charge in [0, 0.05) is 22.0 Å². The van der Waals surface area contributed by atoms with Crippen LogP contribution in [0.3, 0.4) is 0 Å². The van der Waals surface area contributed by atoms with E-state index in [9.17, 15) is 0 Å². The van der Waals surface area contributed by atoms with Crippen LogP contribution in [0.4, 0.5) is 0 Å². The maximum absolute atomic E-state index is 6.41. The highest BCUT2D eigenvalue weighted by Crippen LogP contribution is 2.34. The van der Waals surface area contributed by atoms with Crippen molar-refractivity contribution < 1.29 is 4.42 Å². The maximum Gasteiger partial charge on any atom is 0.160 e. The van der Waals surface area contributed by atoms with Crippen LogP contribution in [0.5, 0.6) is 0 Å². The summed E-state index contributed by atoms with van der Waals surface area (Å²) in [4.78, 5) is 9.83. The van der Waals surface area contributed by atoms with Gasteiger partial charge in [-0.1, -0.05) is 129 Å². The van der Waals surface area contributed by atoms with Gasteiger partial charge in [0.15, 0.2) is 5.84 Å². The SMILES string of the molecule is C=C/C=C(\C=C)c1cccc(-c2ccc3c(c2)oc2cc(/C(C)=N/C(=N\C(=C)c4ccccc4)c4ccccc4)ccc23)c1. The van der Waals surface area contributed by atoms with Crippen LogP contribution in [-0.2, 0) is 0 Å². The van der Waals surface area contributed by atoms with Crippen LogP contribution in [-0.4, -0.2) is 11.5 Å². The van der Waals surface area contributed by atoms with Crippen molar-refractivity contribution in [3.8, 4) is 11.1 Å². The number of hydrogen-bond acceptors (Lipinski definition) is 2. The highest BCUT2D eigenvalue weighted by atomic mass is 16.3. The molecular weight excluding hydrogens is 536 g/mol. The molecule has 212 valence electrons. The minimum Gasteiger partial charge on any atom is -0.456 e. The third-order valence-electron chi connectivity index (χ3n) is 7.59. The summed E-state index contributed by atoms with van der Waals surface area (Å²) < 4.78 is 6.41. The van der Waals surface area contributed by atoms with Gasteiger partial charge in [-0.3, -0.25) is 0 Å². The zero-order valence-corrected chi connectivity index (χ0v) is 24.7. The van der Waals surface area contributed by atoms with E-state index >= 15 is 0 Å². The van der Waals surface area contributed by atoms with Crippen molar-refractivity contribution in [3.63, 3.8) is 0 Å². The van der Waals surface area contributed by atoms with Gasteiger partial charge >= 0.3 is 0 Å². The Morgan fingerprint density at radius 2 is 1.25 bits per heavy atom. The lowest BCUT2D eigenvalue weighted by atomic mass is 9.98. The van der Waals surface area contributed by atoms with Gasteiger partial charge in [-0.2, -0.15) is 0 Å². The first kappa shape index (κ1) is 28.3. The Kier molecular flexibility index (Phi) is 8.11. The predicted molar refractivity (Wildman–Crippen MR) is 188 cm³/mol. The molecule has 6 aromatic rings. The van der Waals surface area contributed by atoms with Gasteiger partial charge in [-0.25, -0.2) is 9.98 Å². The number of aliphatic imine (C=N–C) groups is 2. The van der Waals surface area contributed by atoms with Gasteiger partial charge in [-0.05, 0) is 70.6 Å². The molecule has 0 spiro atoms. The number of furan rings is 1. The van der Waals surface area contributed by atoms with Crippen molar-refractivity contribution in [1.82, 2.24) is 0 Å². The second-order valence-electron chi connectivity index (χ2n) is 10.5. The number of fused-ring (bicyclic) bond motifs is 3.